The van der Waals surface area contributed by atoms with E-state index in [4.69, 9.17) is 0 Å². The lowest BCUT2D eigenvalue weighted by molar-refractivity contribution is 0.0987. The fourth-order valence-electron chi connectivity index (χ4n) is 2.97. The molecule has 0 aromatic heterocycles. The molecule has 1 heterocycles. The molecule has 6 nitrogen and oxygen atoms in total. The number of anilines is 1. The van der Waals surface area contributed by atoms with Gasteiger partial charge < -0.3 is 4.90 Å². The van der Waals surface area contributed by atoms with Gasteiger partial charge in [0.05, 0.1) is 4.90 Å². The molecule has 1 amide bonds. The monoisotopic (exact) mass is 372 g/mol. The van der Waals surface area contributed by atoms with Gasteiger partial charge in [0, 0.05) is 37.5 Å². The van der Waals surface area contributed by atoms with Crippen LogP contribution in [0.4, 0.5) is 5.69 Å². The van der Waals surface area contributed by atoms with E-state index in [9.17, 15) is 18.0 Å². The average Bonchev–Trinajstić information content (AvgIpc) is 3.04. The third-order valence-electron chi connectivity index (χ3n) is 4.51. The average molecular weight is 372 g/mol. The molecule has 0 spiro atoms. The lowest BCUT2D eigenvalue weighted by Crippen LogP contribution is -2.29. The summed E-state index contributed by atoms with van der Waals surface area (Å²) in [6.45, 7) is 2.05. The van der Waals surface area contributed by atoms with Crippen LogP contribution >= 0.6 is 0 Å². The zero-order valence-corrected chi connectivity index (χ0v) is 15.7. The summed E-state index contributed by atoms with van der Waals surface area (Å²) in [4.78, 5) is 26.1. The van der Waals surface area contributed by atoms with Crippen molar-refractivity contribution in [3.63, 3.8) is 0 Å². The van der Waals surface area contributed by atoms with E-state index < -0.39 is 10.0 Å². The van der Waals surface area contributed by atoms with Gasteiger partial charge in [0.25, 0.3) is 5.91 Å². The van der Waals surface area contributed by atoms with E-state index in [1.165, 1.54) is 45.3 Å². The van der Waals surface area contributed by atoms with E-state index >= 15 is 0 Å². The zero-order chi connectivity index (χ0) is 19.1. The molecule has 0 radical (unpaired) electrons. The van der Waals surface area contributed by atoms with Crippen molar-refractivity contribution in [2.75, 3.05) is 25.5 Å². The maximum atomic E-state index is 12.8. The predicted octanol–water partition coefficient (Wildman–Crippen LogP) is 2.34. The number of fused-ring (bicyclic) bond motifs is 1. The molecule has 0 saturated heterocycles. The van der Waals surface area contributed by atoms with Gasteiger partial charge in [-0.2, -0.15) is 0 Å². The van der Waals surface area contributed by atoms with Crippen molar-refractivity contribution in [1.29, 1.82) is 0 Å². The van der Waals surface area contributed by atoms with Crippen molar-refractivity contribution in [2.24, 2.45) is 0 Å². The molecule has 1 aliphatic rings. The second kappa shape index (κ2) is 6.66. The van der Waals surface area contributed by atoms with Crippen LogP contribution in [0.25, 0.3) is 0 Å². The highest BCUT2D eigenvalue weighted by Gasteiger charge is 2.26. The molecule has 2 aromatic carbocycles. The summed E-state index contributed by atoms with van der Waals surface area (Å²) in [6.07, 6.45) is 0.690. The third-order valence-corrected chi connectivity index (χ3v) is 6.34. The summed E-state index contributed by atoms with van der Waals surface area (Å²) in [5, 5.41) is 0. The van der Waals surface area contributed by atoms with Crippen LogP contribution in [0.5, 0.6) is 0 Å². The second-order valence-corrected chi connectivity index (χ2v) is 8.57. The Morgan fingerprint density at radius 1 is 1.00 bits per heavy atom. The Labute approximate surface area is 153 Å². The highest BCUT2D eigenvalue weighted by molar-refractivity contribution is 7.89. The van der Waals surface area contributed by atoms with Gasteiger partial charge >= 0.3 is 0 Å². The number of hydrogen-bond acceptors (Lipinski definition) is 4. The summed E-state index contributed by atoms with van der Waals surface area (Å²) in [6, 6.07) is 11.3. The molecule has 0 atom stereocenters. The second-order valence-electron chi connectivity index (χ2n) is 6.42. The van der Waals surface area contributed by atoms with E-state index in [-0.39, 0.29) is 16.6 Å². The lowest BCUT2D eigenvalue weighted by Gasteiger charge is -2.18. The number of nitrogens with zero attached hydrogens (tertiary/aromatic N) is 2. The van der Waals surface area contributed by atoms with Crippen molar-refractivity contribution in [3.05, 3.63) is 59.2 Å². The van der Waals surface area contributed by atoms with Gasteiger partial charge in [0.2, 0.25) is 10.0 Å². The van der Waals surface area contributed by atoms with Crippen LogP contribution in [0, 0.1) is 0 Å². The maximum absolute atomic E-state index is 12.8. The highest BCUT2D eigenvalue weighted by Crippen LogP contribution is 2.30. The SMILES string of the molecule is CC(=O)c1ccc2c(c1)CCN2C(=O)c1ccc(S(=O)(=O)N(C)C)cc1. The lowest BCUT2D eigenvalue weighted by atomic mass is 10.1. The first-order valence-electron chi connectivity index (χ1n) is 8.20. The highest BCUT2D eigenvalue weighted by atomic mass is 32.2. The normalized spacial score (nSPS) is 13.8. The summed E-state index contributed by atoms with van der Waals surface area (Å²) in [5.74, 6) is -0.191. The van der Waals surface area contributed by atoms with E-state index in [2.05, 4.69) is 0 Å². The Morgan fingerprint density at radius 2 is 1.62 bits per heavy atom. The number of hydrogen-bond donors (Lipinski definition) is 0. The minimum absolute atomic E-state index is 0.00438. The van der Waals surface area contributed by atoms with Crippen LogP contribution in [0.15, 0.2) is 47.4 Å². The van der Waals surface area contributed by atoms with Crippen LogP contribution in [-0.2, 0) is 16.4 Å². The van der Waals surface area contributed by atoms with Gasteiger partial charge in [-0.1, -0.05) is 0 Å². The van der Waals surface area contributed by atoms with Gasteiger partial charge in [-0.25, -0.2) is 12.7 Å². The third kappa shape index (κ3) is 3.15. The molecule has 1 aliphatic heterocycles. The predicted molar refractivity (Wildman–Crippen MR) is 99.1 cm³/mol. The molecular formula is C19H20N2O4S. The Hall–Kier alpha value is -2.51. The van der Waals surface area contributed by atoms with Gasteiger partial charge in [-0.15, -0.1) is 0 Å². The maximum Gasteiger partial charge on any atom is 0.258 e. The van der Waals surface area contributed by atoms with Crippen molar-refractivity contribution in [1.82, 2.24) is 4.31 Å². The number of sulfonamides is 1. The van der Waals surface area contributed by atoms with Crippen molar-refractivity contribution < 1.29 is 18.0 Å². The summed E-state index contributed by atoms with van der Waals surface area (Å²) >= 11 is 0. The summed E-state index contributed by atoms with van der Waals surface area (Å²) < 4.78 is 25.4. The quantitative estimate of drug-likeness (QED) is 0.772. The molecule has 7 heteroatoms. The molecule has 26 heavy (non-hydrogen) atoms. The number of amides is 1. The topological polar surface area (TPSA) is 74.8 Å². The van der Waals surface area contributed by atoms with E-state index in [1.807, 2.05) is 6.07 Å². The van der Waals surface area contributed by atoms with E-state index in [0.29, 0.717) is 24.1 Å². The van der Waals surface area contributed by atoms with Crippen molar-refractivity contribution >= 4 is 27.4 Å². The smallest absolute Gasteiger partial charge is 0.258 e. The molecule has 0 bridgehead atoms. The van der Waals surface area contributed by atoms with Crippen LogP contribution in [0.1, 0.15) is 33.2 Å². The Morgan fingerprint density at radius 3 is 2.19 bits per heavy atom. The number of carbonyl (C=O) groups excluding carboxylic acids is 2. The first-order chi connectivity index (χ1) is 12.2. The number of benzene rings is 2. The van der Waals surface area contributed by atoms with Gasteiger partial charge in [-0.05, 0) is 61.4 Å². The fraction of sp³-hybridized carbons (Fsp3) is 0.263. The molecule has 0 N–H and O–H groups in total. The molecule has 0 fully saturated rings. The molecule has 2 aromatic rings. The first-order valence-corrected chi connectivity index (χ1v) is 9.64. The minimum Gasteiger partial charge on any atom is -0.308 e. The number of ketones is 1. The Balaban J connectivity index is 1.87. The number of carbonyl (C=O) groups is 2. The van der Waals surface area contributed by atoms with Gasteiger partial charge in [0.15, 0.2) is 5.78 Å². The molecule has 0 saturated carbocycles. The molecule has 0 aliphatic carbocycles. The van der Waals surface area contributed by atoms with Gasteiger partial charge in [0.1, 0.15) is 0 Å². The van der Waals surface area contributed by atoms with Gasteiger partial charge in [-0.3, -0.25) is 9.59 Å². The van der Waals surface area contributed by atoms with Crippen molar-refractivity contribution in [3.8, 4) is 0 Å². The summed E-state index contributed by atoms with van der Waals surface area (Å²) in [5.41, 5.74) is 2.82. The number of Topliss-reactive ketones (excluding diaryl/α,β-unsaturated/α-hetero) is 1. The van der Waals surface area contributed by atoms with Crippen LogP contribution in [-0.4, -0.2) is 45.1 Å². The molecule has 0 unspecified atom stereocenters. The fourth-order valence-corrected chi connectivity index (χ4v) is 3.87. The van der Waals surface area contributed by atoms with Crippen molar-refractivity contribution in [2.45, 2.75) is 18.2 Å². The Bertz CT molecular complexity index is 979. The minimum atomic E-state index is -3.52. The zero-order valence-electron chi connectivity index (χ0n) is 14.9. The molecular weight excluding hydrogens is 352 g/mol. The molecule has 3 rings (SSSR count). The van der Waals surface area contributed by atoms with Crippen LogP contribution < -0.4 is 4.90 Å². The number of rotatable bonds is 4. The molecule has 136 valence electrons. The Kier molecular flexibility index (Phi) is 4.68. The summed E-state index contributed by atoms with van der Waals surface area (Å²) in [7, 11) is -0.597. The largest absolute Gasteiger partial charge is 0.308 e. The van der Waals surface area contributed by atoms with Crippen LogP contribution in [0.3, 0.4) is 0 Å². The van der Waals surface area contributed by atoms with Crippen LogP contribution in [0.2, 0.25) is 0 Å². The van der Waals surface area contributed by atoms with E-state index in [1.54, 1.807) is 17.0 Å². The van der Waals surface area contributed by atoms with E-state index in [0.717, 1.165) is 15.6 Å². The first kappa shape index (κ1) is 18.3. The standard InChI is InChI=1S/C19H20N2O4S/c1-13(22)15-6-9-18-16(12-15)10-11-21(18)19(23)14-4-7-17(8-5-14)26(24,25)20(2)3/h4-9,12H,10-11H2,1-3H3.